The minimum atomic E-state index is -1.02. The molecule has 0 saturated carbocycles. The van der Waals surface area contributed by atoms with Gasteiger partial charge < -0.3 is 15.8 Å². The molecule has 0 radical (unpaired) electrons. The summed E-state index contributed by atoms with van der Waals surface area (Å²) in [5, 5.41) is 9.27. The molecule has 0 aliphatic heterocycles. The summed E-state index contributed by atoms with van der Waals surface area (Å²) in [6.07, 6.45) is -0.825. The lowest BCUT2D eigenvalue weighted by Gasteiger charge is -2.10. The highest BCUT2D eigenvalue weighted by Gasteiger charge is 2.18. The van der Waals surface area contributed by atoms with E-state index >= 15 is 0 Å². The molecule has 2 aromatic rings. The van der Waals surface area contributed by atoms with Crippen molar-refractivity contribution in [1.82, 2.24) is 9.97 Å². The fourth-order valence-corrected chi connectivity index (χ4v) is 1.42. The molecule has 2 rings (SSSR count). The Morgan fingerprint density at radius 1 is 1.44 bits per heavy atom. The second-order valence-electron chi connectivity index (χ2n) is 3.65. The first kappa shape index (κ1) is 11.0. The maximum atomic E-state index is 13.3. The van der Waals surface area contributed by atoms with E-state index in [1.165, 1.54) is 13.0 Å². The number of halogens is 2. The third kappa shape index (κ3) is 1.66. The number of nitrogens with one attached hydrogen (secondary N) is 1. The zero-order chi connectivity index (χ0) is 11.9. The molecule has 86 valence electrons. The van der Waals surface area contributed by atoms with Gasteiger partial charge in [0.25, 0.3) is 0 Å². The van der Waals surface area contributed by atoms with E-state index < -0.39 is 23.8 Å². The van der Waals surface area contributed by atoms with E-state index in [2.05, 4.69) is 9.97 Å². The van der Waals surface area contributed by atoms with Crippen molar-refractivity contribution in [1.29, 1.82) is 0 Å². The Hall–Kier alpha value is -1.53. The van der Waals surface area contributed by atoms with Crippen LogP contribution in [0.5, 0.6) is 0 Å². The smallest absolute Gasteiger partial charge is 0.186 e. The van der Waals surface area contributed by atoms with E-state index in [4.69, 9.17) is 5.73 Å². The van der Waals surface area contributed by atoms with Crippen molar-refractivity contribution >= 4 is 11.0 Å². The Kier molecular flexibility index (Phi) is 2.61. The number of hydrogen-bond acceptors (Lipinski definition) is 3. The molecular formula is C10H11F2N3O. The monoisotopic (exact) mass is 227 g/mol. The number of hydrogen-bond donors (Lipinski definition) is 3. The van der Waals surface area contributed by atoms with Crippen molar-refractivity contribution in [3.8, 4) is 0 Å². The van der Waals surface area contributed by atoms with Crippen molar-refractivity contribution in [3.05, 3.63) is 29.6 Å². The number of nitrogens with zero attached hydrogens (tertiary/aromatic N) is 1. The van der Waals surface area contributed by atoms with E-state index in [0.717, 1.165) is 6.07 Å². The molecule has 0 aliphatic carbocycles. The maximum Gasteiger partial charge on any atom is 0.186 e. The van der Waals surface area contributed by atoms with Gasteiger partial charge in [-0.2, -0.15) is 0 Å². The Morgan fingerprint density at radius 2 is 2.12 bits per heavy atom. The van der Waals surface area contributed by atoms with Gasteiger partial charge in [-0.3, -0.25) is 0 Å². The van der Waals surface area contributed by atoms with E-state index in [0.29, 0.717) is 5.52 Å². The van der Waals surface area contributed by atoms with Gasteiger partial charge in [-0.15, -0.1) is 0 Å². The number of aliphatic hydroxyl groups is 1. The standard InChI is InChI=1S/C10H11F2N3O/c1-4(16)8(13)10-14-6-3-2-5(11)7(12)9(6)15-10/h2-4,8,16H,13H2,1H3,(H,14,15). The molecule has 2 atom stereocenters. The Bertz CT molecular complexity index is 524. The number of imidazole rings is 1. The predicted octanol–water partition coefficient (Wildman–Crippen LogP) is 1.22. The van der Waals surface area contributed by atoms with Gasteiger partial charge in [0.2, 0.25) is 0 Å². The van der Waals surface area contributed by atoms with Crippen molar-refractivity contribution in [2.75, 3.05) is 0 Å². The molecule has 16 heavy (non-hydrogen) atoms. The maximum absolute atomic E-state index is 13.3. The zero-order valence-corrected chi connectivity index (χ0v) is 8.54. The quantitative estimate of drug-likeness (QED) is 0.722. The first-order valence-corrected chi connectivity index (χ1v) is 4.78. The van der Waals surface area contributed by atoms with Gasteiger partial charge in [0.1, 0.15) is 11.3 Å². The van der Waals surface area contributed by atoms with Crippen LogP contribution in [-0.4, -0.2) is 21.2 Å². The minimum absolute atomic E-state index is 0.105. The number of aliphatic hydroxyl groups excluding tert-OH is 1. The lowest BCUT2D eigenvalue weighted by molar-refractivity contribution is 0.161. The molecule has 1 heterocycles. The number of aromatic nitrogens is 2. The molecule has 2 unspecified atom stereocenters. The van der Waals surface area contributed by atoms with E-state index in [-0.39, 0.29) is 11.3 Å². The van der Waals surface area contributed by atoms with E-state index in [1.807, 2.05) is 0 Å². The Balaban J connectivity index is 2.56. The summed E-state index contributed by atoms with van der Waals surface area (Å²) < 4.78 is 26.2. The summed E-state index contributed by atoms with van der Waals surface area (Å²) in [5.41, 5.74) is 5.88. The summed E-state index contributed by atoms with van der Waals surface area (Å²) >= 11 is 0. The van der Waals surface area contributed by atoms with Crippen molar-refractivity contribution in [3.63, 3.8) is 0 Å². The van der Waals surface area contributed by atoms with Crippen molar-refractivity contribution in [2.45, 2.75) is 19.1 Å². The fourth-order valence-electron chi connectivity index (χ4n) is 1.42. The average molecular weight is 227 g/mol. The Morgan fingerprint density at radius 3 is 2.75 bits per heavy atom. The predicted molar refractivity (Wildman–Crippen MR) is 54.6 cm³/mol. The van der Waals surface area contributed by atoms with Gasteiger partial charge in [-0.05, 0) is 19.1 Å². The largest absolute Gasteiger partial charge is 0.391 e. The Labute approximate surface area is 90.1 Å². The second-order valence-corrected chi connectivity index (χ2v) is 3.65. The SMILES string of the molecule is CC(O)C(N)c1nc2c(F)c(F)ccc2[nH]1. The second kappa shape index (κ2) is 3.80. The topological polar surface area (TPSA) is 74.9 Å². The van der Waals surface area contributed by atoms with Crippen LogP contribution in [0, 0.1) is 11.6 Å². The third-order valence-electron chi connectivity index (χ3n) is 2.40. The number of benzene rings is 1. The molecule has 6 heteroatoms. The summed E-state index contributed by atoms with van der Waals surface area (Å²) in [4.78, 5) is 6.58. The van der Waals surface area contributed by atoms with Crippen LogP contribution in [0.25, 0.3) is 11.0 Å². The highest BCUT2D eigenvalue weighted by atomic mass is 19.2. The molecule has 0 amide bonds. The first-order chi connectivity index (χ1) is 7.50. The normalized spacial score (nSPS) is 15.3. The first-order valence-electron chi connectivity index (χ1n) is 4.78. The third-order valence-corrected chi connectivity index (χ3v) is 2.40. The van der Waals surface area contributed by atoms with Gasteiger partial charge in [-0.25, -0.2) is 13.8 Å². The molecule has 0 bridgehead atoms. The van der Waals surface area contributed by atoms with Crippen LogP contribution in [0.15, 0.2) is 12.1 Å². The van der Waals surface area contributed by atoms with Crippen molar-refractivity contribution in [2.24, 2.45) is 5.73 Å². The fraction of sp³-hybridized carbons (Fsp3) is 0.300. The summed E-state index contributed by atoms with van der Waals surface area (Å²) in [5.74, 6) is -1.75. The van der Waals surface area contributed by atoms with Gasteiger partial charge >= 0.3 is 0 Å². The molecule has 4 nitrogen and oxygen atoms in total. The lowest BCUT2D eigenvalue weighted by Crippen LogP contribution is -2.24. The molecule has 0 spiro atoms. The van der Waals surface area contributed by atoms with Crippen LogP contribution in [0.4, 0.5) is 8.78 Å². The van der Waals surface area contributed by atoms with Crippen LogP contribution in [0.1, 0.15) is 18.8 Å². The summed E-state index contributed by atoms with van der Waals surface area (Å²) in [6.45, 7) is 1.49. The van der Waals surface area contributed by atoms with Crippen LogP contribution in [-0.2, 0) is 0 Å². The highest BCUT2D eigenvalue weighted by Crippen LogP contribution is 2.21. The molecule has 1 aromatic heterocycles. The van der Waals surface area contributed by atoms with Gasteiger partial charge in [0.05, 0.1) is 17.7 Å². The summed E-state index contributed by atoms with van der Waals surface area (Å²) in [6, 6.07) is 1.63. The van der Waals surface area contributed by atoms with Crippen LogP contribution in [0.2, 0.25) is 0 Å². The molecule has 0 saturated heterocycles. The van der Waals surface area contributed by atoms with Crippen molar-refractivity contribution < 1.29 is 13.9 Å². The molecular weight excluding hydrogens is 216 g/mol. The average Bonchev–Trinajstić information content (AvgIpc) is 2.67. The van der Waals surface area contributed by atoms with E-state index in [1.54, 1.807) is 0 Å². The van der Waals surface area contributed by atoms with Gasteiger partial charge in [0, 0.05) is 0 Å². The van der Waals surface area contributed by atoms with Crippen LogP contribution >= 0.6 is 0 Å². The molecule has 1 aromatic carbocycles. The number of H-pyrrole nitrogens is 1. The lowest BCUT2D eigenvalue weighted by atomic mass is 10.2. The number of rotatable bonds is 2. The van der Waals surface area contributed by atoms with E-state index in [9.17, 15) is 13.9 Å². The number of fused-ring (bicyclic) bond motifs is 1. The highest BCUT2D eigenvalue weighted by molar-refractivity contribution is 5.75. The zero-order valence-electron chi connectivity index (χ0n) is 8.54. The number of nitrogens with two attached hydrogens (primary N) is 1. The minimum Gasteiger partial charge on any atom is -0.391 e. The molecule has 0 fully saturated rings. The van der Waals surface area contributed by atoms with Crippen LogP contribution in [0.3, 0.4) is 0 Å². The molecule has 4 N–H and O–H groups in total. The number of aromatic amines is 1. The van der Waals surface area contributed by atoms with Crippen LogP contribution < -0.4 is 5.73 Å². The molecule has 0 aliphatic rings. The summed E-state index contributed by atoms with van der Waals surface area (Å²) in [7, 11) is 0. The van der Waals surface area contributed by atoms with Gasteiger partial charge in [-0.1, -0.05) is 0 Å². The van der Waals surface area contributed by atoms with Gasteiger partial charge in [0.15, 0.2) is 11.6 Å².